The molecular weight excluding hydrogens is 282 g/mol. The molecule has 0 fully saturated rings. The van der Waals surface area contributed by atoms with E-state index in [2.05, 4.69) is 9.98 Å². The van der Waals surface area contributed by atoms with Crippen LogP contribution in [0.5, 0.6) is 11.5 Å². The van der Waals surface area contributed by atoms with Crippen molar-refractivity contribution in [3.05, 3.63) is 52.8 Å². The highest BCUT2D eigenvalue weighted by molar-refractivity contribution is 5.48. The zero-order valence-corrected chi connectivity index (χ0v) is 12.6. The molecule has 0 bridgehead atoms. The number of hydroxylamine groups is 2. The lowest BCUT2D eigenvalue weighted by Gasteiger charge is -2.28. The molecule has 1 aliphatic heterocycles. The number of fused-ring (bicyclic) bond motifs is 1. The van der Waals surface area contributed by atoms with Gasteiger partial charge in [-0.15, -0.1) is 0 Å². The van der Waals surface area contributed by atoms with Crippen molar-refractivity contribution >= 4 is 5.70 Å². The van der Waals surface area contributed by atoms with Crippen molar-refractivity contribution in [2.24, 2.45) is 4.99 Å². The summed E-state index contributed by atoms with van der Waals surface area (Å²) in [6, 6.07) is 7.30. The van der Waals surface area contributed by atoms with Crippen molar-refractivity contribution in [1.82, 2.24) is 10.0 Å². The maximum atomic E-state index is 10.4. The fourth-order valence-corrected chi connectivity index (χ4v) is 2.51. The summed E-state index contributed by atoms with van der Waals surface area (Å²) in [6.45, 7) is 1.84. The molecule has 2 aromatic rings. The van der Waals surface area contributed by atoms with Gasteiger partial charge in [-0.1, -0.05) is 0 Å². The summed E-state index contributed by atoms with van der Waals surface area (Å²) in [6.07, 6.45) is 2.85. The van der Waals surface area contributed by atoms with E-state index < -0.39 is 6.17 Å². The van der Waals surface area contributed by atoms with E-state index in [-0.39, 0.29) is 0 Å². The molecule has 1 aromatic carbocycles. The summed E-state index contributed by atoms with van der Waals surface area (Å²) >= 11 is 0. The summed E-state index contributed by atoms with van der Waals surface area (Å²) in [5.41, 5.74) is 1.56. The van der Waals surface area contributed by atoms with Gasteiger partial charge in [-0.25, -0.2) is 5.06 Å². The highest BCUT2D eigenvalue weighted by Crippen LogP contribution is 2.27. The zero-order valence-electron chi connectivity index (χ0n) is 12.6. The maximum Gasteiger partial charge on any atom is 0.171 e. The molecule has 0 saturated heterocycles. The molecule has 114 valence electrons. The number of nitrogens with zero attached hydrogens (tertiary/aromatic N) is 3. The third-order valence-corrected chi connectivity index (χ3v) is 3.73. The van der Waals surface area contributed by atoms with Gasteiger partial charge >= 0.3 is 0 Å². The van der Waals surface area contributed by atoms with Crippen molar-refractivity contribution in [2.75, 3.05) is 14.2 Å². The van der Waals surface area contributed by atoms with Crippen molar-refractivity contribution in [3.63, 3.8) is 0 Å². The van der Waals surface area contributed by atoms with Crippen LogP contribution in [0.3, 0.4) is 0 Å². The third-order valence-electron chi connectivity index (χ3n) is 3.73. The second-order valence-corrected chi connectivity index (χ2v) is 4.94. The van der Waals surface area contributed by atoms with Crippen molar-refractivity contribution in [2.45, 2.75) is 13.1 Å². The molecule has 1 aromatic heterocycles. The van der Waals surface area contributed by atoms with Crippen LogP contribution < -0.4 is 20.0 Å². The smallest absolute Gasteiger partial charge is 0.171 e. The summed E-state index contributed by atoms with van der Waals surface area (Å²) in [5.74, 6) is 1.21. The third kappa shape index (κ3) is 2.27. The van der Waals surface area contributed by atoms with E-state index in [1.165, 1.54) is 0 Å². The Kier molecular flexibility index (Phi) is 3.68. The molecule has 1 atom stereocenters. The van der Waals surface area contributed by atoms with E-state index in [9.17, 15) is 5.21 Å². The van der Waals surface area contributed by atoms with Gasteiger partial charge in [0.25, 0.3) is 0 Å². The highest BCUT2D eigenvalue weighted by Gasteiger charge is 2.23. The molecule has 1 N–H and O–H groups in total. The zero-order chi connectivity index (χ0) is 15.7. The van der Waals surface area contributed by atoms with E-state index in [4.69, 9.17) is 9.47 Å². The number of hydrogen-bond acceptors (Lipinski definition) is 6. The predicted molar refractivity (Wildman–Crippen MR) is 80.0 cm³/mol. The number of hydrogen-bond donors (Lipinski definition) is 1. The molecule has 0 saturated carbocycles. The monoisotopic (exact) mass is 299 g/mol. The molecule has 1 aliphatic rings. The lowest BCUT2D eigenvalue weighted by Crippen LogP contribution is -2.40. The van der Waals surface area contributed by atoms with Crippen LogP contribution in [-0.4, -0.2) is 29.5 Å². The minimum atomic E-state index is -0.506. The largest absolute Gasteiger partial charge is 0.493 e. The van der Waals surface area contributed by atoms with Gasteiger partial charge in [0, 0.05) is 29.2 Å². The van der Waals surface area contributed by atoms with Gasteiger partial charge in [-0.05, 0) is 25.1 Å². The predicted octanol–water partition coefficient (Wildman–Crippen LogP) is 1.25. The van der Waals surface area contributed by atoms with E-state index >= 15 is 0 Å². The quantitative estimate of drug-likeness (QED) is 0.924. The standard InChI is InChI=1S/C16H17N3O3/c1-10-12-8-14(21-2)15(22-3)9-13(12)18-16(19(10)20)11-4-6-17-7-5-11/h4-9,16,20H,1-3H3. The number of rotatable bonds is 3. The van der Waals surface area contributed by atoms with E-state index in [1.807, 2.05) is 31.2 Å². The van der Waals surface area contributed by atoms with Crippen LogP contribution in [-0.2, 0) is 0 Å². The number of benzene rings is 1. The number of aromatic nitrogens is 1. The molecule has 6 nitrogen and oxygen atoms in total. The van der Waals surface area contributed by atoms with Crippen LogP contribution in [0, 0.1) is 0 Å². The number of pyridine rings is 1. The number of ether oxygens (including phenoxy) is 2. The molecule has 3 rings (SSSR count). The van der Waals surface area contributed by atoms with Gasteiger partial charge in [0.15, 0.2) is 17.7 Å². The first-order valence-corrected chi connectivity index (χ1v) is 6.84. The average Bonchev–Trinajstić information content (AvgIpc) is 2.57. The van der Waals surface area contributed by atoms with Gasteiger partial charge in [0.05, 0.1) is 25.3 Å². The minimum Gasteiger partial charge on any atom is -0.493 e. The van der Waals surface area contributed by atoms with Crippen LogP contribution in [0.2, 0.25) is 0 Å². The first-order chi connectivity index (χ1) is 10.7. The Morgan fingerprint density at radius 1 is 1.09 bits per heavy atom. The van der Waals surface area contributed by atoms with Gasteiger partial charge in [-0.3, -0.25) is 15.2 Å². The summed E-state index contributed by atoms with van der Waals surface area (Å²) in [4.78, 5) is 8.62. The summed E-state index contributed by atoms with van der Waals surface area (Å²) in [5, 5.41) is 13.2. The number of methoxy groups -OCH3 is 2. The van der Waals surface area contributed by atoms with Crippen molar-refractivity contribution in [3.8, 4) is 11.5 Å². The molecule has 0 aliphatic carbocycles. The lowest BCUT2D eigenvalue weighted by atomic mass is 10.1. The topological polar surface area (TPSA) is 67.2 Å². The van der Waals surface area contributed by atoms with Crippen LogP contribution in [0.25, 0.3) is 5.70 Å². The van der Waals surface area contributed by atoms with Crippen LogP contribution in [0.4, 0.5) is 0 Å². The Labute approximate surface area is 127 Å². The fourth-order valence-electron chi connectivity index (χ4n) is 2.51. The molecule has 0 amide bonds. The Balaban J connectivity index is 2.23. The molecule has 22 heavy (non-hydrogen) atoms. The molecule has 0 radical (unpaired) electrons. The van der Waals surface area contributed by atoms with Gasteiger partial charge < -0.3 is 9.47 Å². The fraction of sp³-hybridized carbons (Fsp3) is 0.250. The first kappa shape index (κ1) is 14.3. The average molecular weight is 299 g/mol. The normalized spacial score (nSPS) is 16.8. The van der Waals surface area contributed by atoms with E-state index in [1.54, 1.807) is 26.6 Å². The van der Waals surface area contributed by atoms with Crippen molar-refractivity contribution < 1.29 is 14.7 Å². The summed E-state index contributed by atoms with van der Waals surface area (Å²) < 4.78 is 10.6. The molecule has 0 spiro atoms. The van der Waals surface area contributed by atoms with Gasteiger partial charge in [0.1, 0.15) is 0 Å². The minimum absolute atomic E-state index is 0.506. The Bertz CT molecular complexity index is 805. The first-order valence-electron chi connectivity index (χ1n) is 6.84. The lowest BCUT2D eigenvalue weighted by molar-refractivity contribution is -0.0707. The van der Waals surface area contributed by atoms with Gasteiger partial charge in [-0.2, -0.15) is 0 Å². The molecule has 6 heteroatoms. The van der Waals surface area contributed by atoms with Crippen molar-refractivity contribution in [1.29, 1.82) is 0 Å². The maximum absolute atomic E-state index is 10.4. The summed E-state index contributed by atoms with van der Waals surface area (Å²) in [7, 11) is 3.17. The van der Waals surface area contributed by atoms with Crippen LogP contribution in [0.15, 0.2) is 41.7 Å². The second kappa shape index (κ2) is 5.65. The molecule has 1 unspecified atom stereocenters. The SMILES string of the molecule is COc1cc2c(cc1OC)=C(C)N(O)C(c1ccncc1)N=2. The Morgan fingerprint density at radius 3 is 2.36 bits per heavy atom. The van der Waals surface area contributed by atoms with Crippen LogP contribution >= 0.6 is 0 Å². The Hall–Kier alpha value is -2.60. The Morgan fingerprint density at radius 2 is 1.73 bits per heavy atom. The second-order valence-electron chi connectivity index (χ2n) is 4.94. The van der Waals surface area contributed by atoms with E-state index in [0.29, 0.717) is 17.2 Å². The van der Waals surface area contributed by atoms with E-state index in [0.717, 1.165) is 21.2 Å². The van der Waals surface area contributed by atoms with Crippen LogP contribution in [0.1, 0.15) is 18.7 Å². The highest BCUT2D eigenvalue weighted by atomic mass is 16.5. The molecular formula is C16H17N3O3. The molecule has 2 heterocycles. The van der Waals surface area contributed by atoms with Gasteiger partial charge in [0.2, 0.25) is 0 Å².